The Bertz CT molecular complexity index is 1170. The van der Waals surface area contributed by atoms with Crippen molar-refractivity contribution in [2.24, 2.45) is 5.92 Å². The van der Waals surface area contributed by atoms with Gasteiger partial charge in [-0.3, -0.25) is 9.78 Å². The maximum Gasteiger partial charge on any atom is 0.223 e. The number of benzene rings is 1. The number of carbonyl (C=O) groups excluding carboxylic acids is 1. The SMILES string of the molecule is O=C(NCc1ccccn1)C1CCN(c2cc(-c3ccccc3)nn3cnnc23)CC1. The van der Waals surface area contributed by atoms with Crippen LogP contribution in [0, 0.1) is 5.92 Å². The lowest BCUT2D eigenvalue weighted by molar-refractivity contribution is -0.125. The zero-order valence-electron chi connectivity index (χ0n) is 17.1. The molecular weight excluding hydrogens is 390 g/mol. The Balaban J connectivity index is 1.29. The van der Waals surface area contributed by atoms with Crippen molar-refractivity contribution in [3.8, 4) is 11.3 Å². The molecule has 156 valence electrons. The lowest BCUT2D eigenvalue weighted by Crippen LogP contribution is -2.40. The Morgan fingerprint density at radius 3 is 2.65 bits per heavy atom. The highest BCUT2D eigenvalue weighted by Crippen LogP contribution is 2.29. The van der Waals surface area contributed by atoms with Crippen LogP contribution in [0.25, 0.3) is 16.9 Å². The predicted molar refractivity (Wildman–Crippen MR) is 117 cm³/mol. The highest BCUT2D eigenvalue weighted by Gasteiger charge is 2.27. The number of rotatable bonds is 5. The summed E-state index contributed by atoms with van der Waals surface area (Å²) in [5.74, 6) is 0.0990. The molecule has 0 saturated carbocycles. The minimum absolute atomic E-state index is 0.00397. The Kier molecular flexibility index (Phi) is 5.26. The van der Waals surface area contributed by atoms with Crippen LogP contribution in [-0.4, -0.2) is 43.8 Å². The first-order valence-electron chi connectivity index (χ1n) is 10.5. The zero-order valence-corrected chi connectivity index (χ0v) is 17.1. The first kappa shape index (κ1) is 19.2. The van der Waals surface area contributed by atoms with Gasteiger partial charge in [-0.15, -0.1) is 10.2 Å². The molecule has 1 fully saturated rings. The molecule has 4 heterocycles. The van der Waals surface area contributed by atoms with Gasteiger partial charge in [0.25, 0.3) is 0 Å². The van der Waals surface area contributed by atoms with Crippen LogP contribution in [0.4, 0.5) is 5.69 Å². The number of fused-ring (bicyclic) bond motifs is 1. The molecule has 8 nitrogen and oxygen atoms in total. The van der Waals surface area contributed by atoms with Crippen LogP contribution in [0.15, 0.2) is 67.1 Å². The molecule has 0 bridgehead atoms. The molecule has 0 atom stereocenters. The summed E-state index contributed by atoms with van der Waals surface area (Å²) in [6.45, 7) is 2.02. The summed E-state index contributed by atoms with van der Waals surface area (Å²) < 4.78 is 1.73. The molecule has 4 aromatic rings. The number of hydrogen-bond acceptors (Lipinski definition) is 6. The van der Waals surface area contributed by atoms with E-state index in [1.165, 1.54) is 0 Å². The van der Waals surface area contributed by atoms with E-state index in [0.29, 0.717) is 6.54 Å². The fourth-order valence-electron chi connectivity index (χ4n) is 4.00. The van der Waals surface area contributed by atoms with Crippen molar-refractivity contribution in [3.05, 3.63) is 72.8 Å². The fourth-order valence-corrected chi connectivity index (χ4v) is 4.00. The first-order chi connectivity index (χ1) is 15.3. The number of aromatic nitrogens is 5. The molecule has 0 spiro atoms. The van der Waals surface area contributed by atoms with E-state index in [4.69, 9.17) is 0 Å². The number of pyridine rings is 1. The maximum atomic E-state index is 12.6. The predicted octanol–water partition coefficient (Wildman–Crippen LogP) is 2.72. The smallest absolute Gasteiger partial charge is 0.223 e. The number of nitrogens with zero attached hydrogens (tertiary/aromatic N) is 6. The maximum absolute atomic E-state index is 12.6. The largest absolute Gasteiger partial charge is 0.368 e. The molecule has 8 heteroatoms. The van der Waals surface area contributed by atoms with E-state index in [-0.39, 0.29) is 11.8 Å². The Labute approximate surface area is 179 Å². The van der Waals surface area contributed by atoms with Gasteiger partial charge < -0.3 is 10.2 Å². The van der Waals surface area contributed by atoms with E-state index < -0.39 is 0 Å². The Morgan fingerprint density at radius 1 is 1.06 bits per heavy atom. The third kappa shape index (κ3) is 4.09. The van der Waals surface area contributed by atoms with Gasteiger partial charge in [0.1, 0.15) is 6.33 Å². The Hall–Kier alpha value is -3.81. The molecule has 1 aliphatic heterocycles. The molecular formula is C23H23N7O. The van der Waals surface area contributed by atoms with Crippen LogP contribution in [0.3, 0.4) is 0 Å². The molecule has 1 aromatic carbocycles. The lowest BCUT2D eigenvalue weighted by atomic mass is 9.95. The van der Waals surface area contributed by atoms with Crippen LogP contribution in [-0.2, 0) is 11.3 Å². The van der Waals surface area contributed by atoms with E-state index in [9.17, 15) is 4.79 Å². The normalized spacial score (nSPS) is 14.6. The topological polar surface area (TPSA) is 88.3 Å². The standard InChI is InChI=1S/C23H23N7O/c31-23(25-15-19-8-4-5-11-24-19)18-9-12-29(13-10-18)21-14-20(17-6-2-1-3-7-17)28-30-16-26-27-22(21)30/h1-8,11,14,16,18H,9-10,12-13,15H2,(H,25,31). The third-order valence-electron chi connectivity index (χ3n) is 5.69. The fraction of sp³-hybridized carbons (Fsp3) is 0.261. The van der Waals surface area contributed by atoms with Crippen molar-refractivity contribution in [1.29, 1.82) is 0 Å². The van der Waals surface area contributed by atoms with Gasteiger partial charge in [0.2, 0.25) is 11.6 Å². The van der Waals surface area contributed by atoms with Gasteiger partial charge in [-0.25, -0.2) is 0 Å². The van der Waals surface area contributed by atoms with Crippen LogP contribution in [0.1, 0.15) is 18.5 Å². The Morgan fingerprint density at radius 2 is 1.87 bits per heavy atom. The average molecular weight is 413 g/mol. The molecule has 1 amide bonds. The van der Waals surface area contributed by atoms with E-state index >= 15 is 0 Å². The highest BCUT2D eigenvalue weighted by molar-refractivity contribution is 5.79. The lowest BCUT2D eigenvalue weighted by Gasteiger charge is -2.33. The first-order valence-corrected chi connectivity index (χ1v) is 10.5. The molecule has 0 radical (unpaired) electrons. The number of nitrogens with one attached hydrogen (secondary N) is 1. The average Bonchev–Trinajstić information content (AvgIpc) is 3.32. The summed E-state index contributed by atoms with van der Waals surface area (Å²) in [6, 6.07) is 17.9. The molecule has 5 rings (SSSR count). The number of amides is 1. The van der Waals surface area contributed by atoms with Crippen LogP contribution in [0.2, 0.25) is 0 Å². The van der Waals surface area contributed by atoms with Gasteiger partial charge in [0.15, 0.2) is 0 Å². The minimum Gasteiger partial charge on any atom is -0.368 e. The van der Waals surface area contributed by atoms with Crippen LogP contribution in [0.5, 0.6) is 0 Å². The third-order valence-corrected chi connectivity index (χ3v) is 5.69. The molecule has 1 aliphatic rings. The van der Waals surface area contributed by atoms with E-state index in [2.05, 4.69) is 36.6 Å². The van der Waals surface area contributed by atoms with Gasteiger partial charge in [0.05, 0.1) is 23.6 Å². The summed E-state index contributed by atoms with van der Waals surface area (Å²) in [7, 11) is 0. The molecule has 3 aromatic heterocycles. The van der Waals surface area contributed by atoms with Crippen molar-refractivity contribution in [2.45, 2.75) is 19.4 Å². The van der Waals surface area contributed by atoms with Gasteiger partial charge in [-0.05, 0) is 31.0 Å². The monoisotopic (exact) mass is 413 g/mol. The summed E-state index contributed by atoms with van der Waals surface area (Å²) in [5.41, 5.74) is 4.52. The van der Waals surface area contributed by atoms with Crippen LogP contribution >= 0.6 is 0 Å². The van der Waals surface area contributed by atoms with Crippen molar-refractivity contribution in [2.75, 3.05) is 18.0 Å². The molecule has 31 heavy (non-hydrogen) atoms. The van der Waals surface area contributed by atoms with Crippen molar-refractivity contribution >= 4 is 17.2 Å². The van der Waals surface area contributed by atoms with E-state index in [1.807, 2.05) is 48.5 Å². The molecule has 1 saturated heterocycles. The van der Waals surface area contributed by atoms with Gasteiger partial charge in [-0.1, -0.05) is 36.4 Å². The minimum atomic E-state index is 0.00397. The van der Waals surface area contributed by atoms with Gasteiger partial charge in [0, 0.05) is 30.8 Å². The quantitative estimate of drug-likeness (QED) is 0.541. The molecule has 0 aliphatic carbocycles. The van der Waals surface area contributed by atoms with E-state index in [0.717, 1.165) is 54.2 Å². The zero-order chi connectivity index (χ0) is 21.0. The van der Waals surface area contributed by atoms with Gasteiger partial charge in [-0.2, -0.15) is 9.61 Å². The molecule has 0 unspecified atom stereocenters. The number of carbonyl (C=O) groups is 1. The number of anilines is 1. The number of piperidine rings is 1. The summed E-state index contributed by atoms with van der Waals surface area (Å²) >= 11 is 0. The van der Waals surface area contributed by atoms with Crippen molar-refractivity contribution < 1.29 is 4.79 Å². The highest BCUT2D eigenvalue weighted by atomic mass is 16.1. The summed E-state index contributed by atoms with van der Waals surface area (Å²) in [5, 5.41) is 16.0. The van der Waals surface area contributed by atoms with Gasteiger partial charge >= 0.3 is 0 Å². The summed E-state index contributed by atoms with van der Waals surface area (Å²) in [6.07, 6.45) is 4.95. The van der Waals surface area contributed by atoms with E-state index in [1.54, 1.807) is 17.0 Å². The number of hydrogen-bond donors (Lipinski definition) is 1. The second-order valence-electron chi connectivity index (χ2n) is 7.68. The molecule has 1 N–H and O–H groups in total. The van der Waals surface area contributed by atoms with Crippen molar-refractivity contribution in [1.82, 2.24) is 30.1 Å². The van der Waals surface area contributed by atoms with Crippen LogP contribution < -0.4 is 10.2 Å². The second-order valence-corrected chi connectivity index (χ2v) is 7.68. The summed E-state index contributed by atoms with van der Waals surface area (Å²) in [4.78, 5) is 19.2. The van der Waals surface area contributed by atoms with Crippen molar-refractivity contribution in [3.63, 3.8) is 0 Å². The second kappa shape index (κ2) is 8.51.